The van der Waals surface area contributed by atoms with Gasteiger partial charge in [-0.1, -0.05) is 5.16 Å². The highest BCUT2D eigenvalue weighted by Gasteiger charge is 2.24. The van der Waals surface area contributed by atoms with Crippen molar-refractivity contribution in [2.24, 2.45) is 0 Å². The van der Waals surface area contributed by atoms with Gasteiger partial charge in [-0.3, -0.25) is 5.32 Å². The first kappa shape index (κ1) is 14.1. The quantitative estimate of drug-likeness (QED) is 0.913. The van der Waals surface area contributed by atoms with Crippen molar-refractivity contribution < 1.29 is 9.32 Å². The third kappa shape index (κ3) is 3.24. The van der Waals surface area contributed by atoms with Crippen LogP contribution >= 0.6 is 11.3 Å². The SMILES string of the molecule is Cc1cc(NC(=O)NCC2CCCc3sc(C)nc32)no1. The second-order valence-electron chi connectivity index (χ2n) is 5.29. The number of aryl methyl sites for hydroxylation is 3. The highest BCUT2D eigenvalue weighted by Crippen LogP contribution is 2.34. The Balaban J connectivity index is 1.57. The lowest BCUT2D eigenvalue weighted by Gasteiger charge is -2.21. The Kier molecular flexibility index (Phi) is 3.92. The van der Waals surface area contributed by atoms with Crippen LogP contribution in [0.4, 0.5) is 10.6 Å². The van der Waals surface area contributed by atoms with E-state index in [9.17, 15) is 4.79 Å². The molecule has 2 aromatic heterocycles. The van der Waals surface area contributed by atoms with E-state index in [0.717, 1.165) is 24.3 Å². The van der Waals surface area contributed by atoms with Crippen molar-refractivity contribution in [3.63, 3.8) is 0 Å². The first-order valence-electron chi connectivity index (χ1n) is 7.06. The van der Waals surface area contributed by atoms with Gasteiger partial charge >= 0.3 is 6.03 Å². The van der Waals surface area contributed by atoms with Crippen molar-refractivity contribution in [2.45, 2.75) is 39.0 Å². The molecule has 7 heteroatoms. The molecule has 112 valence electrons. The minimum atomic E-state index is -0.262. The number of hydrogen-bond acceptors (Lipinski definition) is 5. The van der Waals surface area contributed by atoms with E-state index in [1.807, 2.05) is 6.92 Å². The van der Waals surface area contributed by atoms with Crippen LogP contribution in [0.25, 0.3) is 0 Å². The van der Waals surface area contributed by atoms with Crippen LogP contribution in [-0.2, 0) is 6.42 Å². The summed E-state index contributed by atoms with van der Waals surface area (Å²) in [6, 6.07) is 1.42. The fourth-order valence-corrected chi connectivity index (χ4v) is 3.69. The van der Waals surface area contributed by atoms with Gasteiger partial charge in [0, 0.05) is 23.4 Å². The number of aromatic nitrogens is 2. The highest BCUT2D eigenvalue weighted by atomic mass is 32.1. The van der Waals surface area contributed by atoms with Crippen molar-refractivity contribution in [1.82, 2.24) is 15.5 Å². The van der Waals surface area contributed by atoms with E-state index in [0.29, 0.717) is 24.0 Å². The van der Waals surface area contributed by atoms with Gasteiger partial charge in [0.15, 0.2) is 5.82 Å². The van der Waals surface area contributed by atoms with Gasteiger partial charge in [0.05, 0.1) is 10.7 Å². The average Bonchev–Trinajstić information content (AvgIpc) is 3.01. The largest absolute Gasteiger partial charge is 0.360 e. The van der Waals surface area contributed by atoms with Gasteiger partial charge in [0.25, 0.3) is 0 Å². The summed E-state index contributed by atoms with van der Waals surface area (Å²) in [5, 5.41) is 10.4. The Morgan fingerprint density at radius 2 is 2.38 bits per heavy atom. The molecule has 0 fully saturated rings. The van der Waals surface area contributed by atoms with Crippen LogP contribution < -0.4 is 10.6 Å². The predicted octanol–water partition coefficient (Wildman–Crippen LogP) is 2.99. The second kappa shape index (κ2) is 5.85. The molecule has 6 nitrogen and oxygen atoms in total. The monoisotopic (exact) mass is 306 g/mol. The zero-order valence-electron chi connectivity index (χ0n) is 12.1. The molecular weight excluding hydrogens is 288 g/mol. The van der Waals surface area contributed by atoms with Crippen LogP contribution in [0.1, 0.15) is 40.1 Å². The number of amides is 2. The van der Waals surface area contributed by atoms with Gasteiger partial charge in [-0.25, -0.2) is 9.78 Å². The van der Waals surface area contributed by atoms with Crippen molar-refractivity contribution in [3.8, 4) is 0 Å². The Bertz CT molecular complexity index is 649. The fourth-order valence-electron chi connectivity index (χ4n) is 2.63. The molecule has 3 rings (SSSR count). The van der Waals surface area contributed by atoms with E-state index in [1.165, 1.54) is 10.6 Å². The van der Waals surface area contributed by atoms with Crippen LogP contribution in [0.2, 0.25) is 0 Å². The van der Waals surface area contributed by atoms with Gasteiger partial charge in [-0.15, -0.1) is 11.3 Å². The third-order valence-corrected chi connectivity index (χ3v) is 4.60. The zero-order chi connectivity index (χ0) is 14.8. The van der Waals surface area contributed by atoms with E-state index < -0.39 is 0 Å². The molecule has 0 radical (unpaired) electrons. The minimum Gasteiger partial charge on any atom is -0.360 e. The maximum absolute atomic E-state index is 11.9. The number of anilines is 1. The molecule has 2 N–H and O–H groups in total. The van der Waals surface area contributed by atoms with E-state index in [4.69, 9.17) is 4.52 Å². The molecule has 0 spiro atoms. The highest BCUT2D eigenvalue weighted by molar-refractivity contribution is 7.11. The fraction of sp³-hybridized carbons (Fsp3) is 0.500. The Morgan fingerprint density at radius 1 is 1.52 bits per heavy atom. The number of thiazole rings is 1. The smallest absolute Gasteiger partial charge is 0.320 e. The lowest BCUT2D eigenvalue weighted by Crippen LogP contribution is -2.33. The summed E-state index contributed by atoms with van der Waals surface area (Å²) < 4.78 is 4.91. The number of nitrogens with one attached hydrogen (secondary N) is 2. The van der Waals surface area contributed by atoms with Crippen LogP contribution in [0.3, 0.4) is 0 Å². The maximum atomic E-state index is 11.9. The molecule has 0 aromatic carbocycles. The molecule has 2 heterocycles. The summed E-state index contributed by atoms with van der Waals surface area (Å²) in [6.07, 6.45) is 3.34. The standard InChI is InChI=1S/C14H18N4O2S/c1-8-6-12(18-20-8)17-14(19)15-7-10-4-3-5-11-13(10)16-9(2)21-11/h6,10H,3-5,7H2,1-2H3,(H2,15,17,18,19). The number of rotatable bonds is 3. The molecule has 0 bridgehead atoms. The molecule has 1 atom stereocenters. The summed E-state index contributed by atoms with van der Waals surface area (Å²) in [5.74, 6) is 1.41. The molecule has 2 amide bonds. The van der Waals surface area contributed by atoms with Crippen LogP contribution in [0, 0.1) is 13.8 Å². The van der Waals surface area contributed by atoms with Crippen molar-refractivity contribution in [1.29, 1.82) is 0 Å². The predicted molar refractivity (Wildman–Crippen MR) is 80.8 cm³/mol. The lowest BCUT2D eigenvalue weighted by atomic mass is 9.91. The van der Waals surface area contributed by atoms with Gasteiger partial charge in [-0.05, 0) is 33.1 Å². The molecular formula is C14H18N4O2S. The van der Waals surface area contributed by atoms with Crippen LogP contribution in [0.5, 0.6) is 0 Å². The molecule has 21 heavy (non-hydrogen) atoms. The molecule has 0 saturated heterocycles. The molecule has 0 aliphatic heterocycles. The number of carbonyl (C=O) groups excluding carboxylic acids is 1. The van der Waals surface area contributed by atoms with E-state index in [-0.39, 0.29) is 6.03 Å². The number of fused-ring (bicyclic) bond motifs is 1. The minimum absolute atomic E-state index is 0.262. The topological polar surface area (TPSA) is 80.0 Å². The Morgan fingerprint density at radius 3 is 3.14 bits per heavy atom. The van der Waals surface area contributed by atoms with Gasteiger partial charge in [-0.2, -0.15) is 0 Å². The Hall–Kier alpha value is -1.89. The van der Waals surface area contributed by atoms with Gasteiger partial charge in [0.1, 0.15) is 5.76 Å². The first-order valence-corrected chi connectivity index (χ1v) is 7.88. The van der Waals surface area contributed by atoms with Crippen LogP contribution in [-0.4, -0.2) is 22.7 Å². The second-order valence-corrected chi connectivity index (χ2v) is 6.58. The zero-order valence-corrected chi connectivity index (χ0v) is 12.9. The van der Waals surface area contributed by atoms with Crippen molar-refractivity contribution in [2.75, 3.05) is 11.9 Å². The maximum Gasteiger partial charge on any atom is 0.320 e. The lowest BCUT2D eigenvalue weighted by molar-refractivity contribution is 0.250. The number of nitrogens with zero attached hydrogens (tertiary/aromatic N) is 2. The first-order chi connectivity index (χ1) is 10.1. The van der Waals surface area contributed by atoms with Crippen molar-refractivity contribution >= 4 is 23.2 Å². The van der Waals surface area contributed by atoms with E-state index in [2.05, 4.69) is 20.8 Å². The Labute approximate surface area is 126 Å². The summed E-state index contributed by atoms with van der Waals surface area (Å²) in [6.45, 7) is 4.41. The summed E-state index contributed by atoms with van der Waals surface area (Å²) in [7, 11) is 0. The van der Waals surface area contributed by atoms with Gasteiger partial charge in [0.2, 0.25) is 0 Å². The van der Waals surface area contributed by atoms with Crippen molar-refractivity contribution in [3.05, 3.63) is 27.4 Å². The van der Waals surface area contributed by atoms with E-state index in [1.54, 1.807) is 24.3 Å². The number of urea groups is 1. The normalized spacial score (nSPS) is 17.3. The number of hydrogen-bond donors (Lipinski definition) is 2. The van der Waals surface area contributed by atoms with E-state index >= 15 is 0 Å². The van der Waals surface area contributed by atoms with Crippen LogP contribution in [0.15, 0.2) is 10.6 Å². The molecule has 0 saturated carbocycles. The average molecular weight is 306 g/mol. The molecule has 2 aromatic rings. The summed E-state index contributed by atoms with van der Waals surface area (Å²) in [5.41, 5.74) is 1.17. The summed E-state index contributed by atoms with van der Waals surface area (Å²) in [4.78, 5) is 17.9. The molecule has 1 unspecified atom stereocenters. The third-order valence-electron chi connectivity index (χ3n) is 3.56. The van der Waals surface area contributed by atoms with Gasteiger partial charge < -0.3 is 9.84 Å². The summed E-state index contributed by atoms with van der Waals surface area (Å²) >= 11 is 1.77. The number of carbonyl (C=O) groups is 1. The molecule has 1 aliphatic carbocycles. The molecule has 1 aliphatic rings.